The number of rotatable bonds is 7. The molecule has 1 rings (SSSR count). The van der Waals surface area contributed by atoms with Gasteiger partial charge >= 0.3 is 0 Å². The second-order valence-electron chi connectivity index (χ2n) is 4.36. The van der Waals surface area contributed by atoms with Crippen LogP contribution >= 0.6 is 0 Å². The fraction of sp³-hybridized carbons (Fsp3) is 1.00. The van der Waals surface area contributed by atoms with E-state index in [1.807, 2.05) is 0 Å². The summed E-state index contributed by atoms with van der Waals surface area (Å²) in [4.78, 5) is 2.63. The molecule has 0 radical (unpaired) electrons. The molecule has 0 aromatic rings. The Balaban J connectivity index is 2.45. The minimum Gasteiger partial charge on any atom is -0.383 e. The molecule has 3 nitrogen and oxygen atoms in total. The number of nitrogens with zero attached hydrogens (tertiary/aromatic N) is 1. The second kappa shape index (κ2) is 7.20. The molecule has 0 aromatic heterocycles. The SMILES string of the molecule is CCNCC(COC)N1CCCC1CC. The van der Waals surface area contributed by atoms with Crippen molar-refractivity contribution in [2.24, 2.45) is 0 Å². The molecule has 1 N–H and O–H groups in total. The Morgan fingerprint density at radius 1 is 1.47 bits per heavy atom. The van der Waals surface area contributed by atoms with Gasteiger partial charge in [0.15, 0.2) is 0 Å². The maximum atomic E-state index is 5.32. The third-order valence-corrected chi connectivity index (χ3v) is 3.35. The van der Waals surface area contributed by atoms with Crippen molar-refractivity contribution < 1.29 is 4.74 Å². The van der Waals surface area contributed by atoms with Crippen LogP contribution in [0.3, 0.4) is 0 Å². The average Bonchev–Trinajstić information content (AvgIpc) is 2.72. The molecule has 0 bridgehead atoms. The van der Waals surface area contributed by atoms with Gasteiger partial charge in [-0.25, -0.2) is 0 Å². The molecule has 0 amide bonds. The van der Waals surface area contributed by atoms with E-state index in [4.69, 9.17) is 4.74 Å². The zero-order valence-corrected chi connectivity index (χ0v) is 10.5. The van der Waals surface area contributed by atoms with E-state index >= 15 is 0 Å². The lowest BCUT2D eigenvalue weighted by Crippen LogP contribution is -2.47. The van der Waals surface area contributed by atoms with E-state index in [2.05, 4.69) is 24.1 Å². The highest BCUT2D eigenvalue weighted by atomic mass is 16.5. The average molecular weight is 214 g/mol. The Morgan fingerprint density at radius 3 is 2.87 bits per heavy atom. The van der Waals surface area contributed by atoms with Gasteiger partial charge in [-0.15, -0.1) is 0 Å². The normalized spacial score (nSPS) is 24.6. The molecule has 0 aliphatic carbocycles. The maximum Gasteiger partial charge on any atom is 0.0630 e. The van der Waals surface area contributed by atoms with Gasteiger partial charge in [-0.2, -0.15) is 0 Å². The zero-order chi connectivity index (χ0) is 11.1. The van der Waals surface area contributed by atoms with Gasteiger partial charge in [0.25, 0.3) is 0 Å². The molecule has 1 aliphatic heterocycles. The monoisotopic (exact) mass is 214 g/mol. The van der Waals surface area contributed by atoms with Gasteiger partial charge < -0.3 is 10.1 Å². The highest BCUT2D eigenvalue weighted by Crippen LogP contribution is 2.22. The molecular weight excluding hydrogens is 188 g/mol. The number of hydrogen-bond donors (Lipinski definition) is 1. The number of hydrogen-bond acceptors (Lipinski definition) is 3. The molecule has 0 aromatic carbocycles. The lowest BCUT2D eigenvalue weighted by molar-refractivity contribution is 0.0803. The molecule has 1 aliphatic rings. The van der Waals surface area contributed by atoms with Crippen LogP contribution in [0.25, 0.3) is 0 Å². The Kier molecular flexibility index (Phi) is 6.22. The smallest absolute Gasteiger partial charge is 0.0630 e. The van der Waals surface area contributed by atoms with E-state index in [0.29, 0.717) is 6.04 Å². The summed E-state index contributed by atoms with van der Waals surface area (Å²) in [5, 5.41) is 3.43. The number of ether oxygens (including phenoxy) is 1. The quantitative estimate of drug-likeness (QED) is 0.695. The van der Waals surface area contributed by atoms with E-state index in [9.17, 15) is 0 Å². The van der Waals surface area contributed by atoms with Gasteiger partial charge in [0.1, 0.15) is 0 Å². The topological polar surface area (TPSA) is 24.5 Å². The van der Waals surface area contributed by atoms with Crippen molar-refractivity contribution in [3.8, 4) is 0 Å². The van der Waals surface area contributed by atoms with Crippen molar-refractivity contribution in [1.29, 1.82) is 0 Å². The largest absolute Gasteiger partial charge is 0.383 e. The predicted molar refractivity (Wildman–Crippen MR) is 64.2 cm³/mol. The Bertz CT molecular complexity index is 164. The molecule has 0 spiro atoms. The van der Waals surface area contributed by atoms with Crippen LogP contribution in [0.1, 0.15) is 33.1 Å². The third-order valence-electron chi connectivity index (χ3n) is 3.35. The molecule has 90 valence electrons. The van der Waals surface area contributed by atoms with Crippen molar-refractivity contribution in [1.82, 2.24) is 10.2 Å². The molecule has 3 heteroatoms. The number of likely N-dealkylation sites (tertiary alicyclic amines) is 1. The van der Waals surface area contributed by atoms with Gasteiger partial charge in [-0.1, -0.05) is 13.8 Å². The molecule has 1 fully saturated rings. The van der Waals surface area contributed by atoms with Crippen LogP contribution in [0.2, 0.25) is 0 Å². The Hall–Kier alpha value is -0.120. The fourth-order valence-corrected chi connectivity index (χ4v) is 2.55. The minimum atomic E-state index is 0.558. The predicted octanol–water partition coefficient (Wildman–Crippen LogP) is 1.49. The van der Waals surface area contributed by atoms with Crippen molar-refractivity contribution in [2.45, 2.75) is 45.2 Å². The van der Waals surface area contributed by atoms with Crippen LogP contribution < -0.4 is 5.32 Å². The Labute approximate surface area is 94.2 Å². The summed E-state index contributed by atoms with van der Waals surface area (Å²) in [6.07, 6.45) is 3.99. The summed E-state index contributed by atoms with van der Waals surface area (Å²) < 4.78 is 5.32. The minimum absolute atomic E-state index is 0.558. The molecule has 1 heterocycles. The van der Waals surface area contributed by atoms with E-state index in [0.717, 1.165) is 25.7 Å². The van der Waals surface area contributed by atoms with E-state index in [-0.39, 0.29) is 0 Å². The zero-order valence-electron chi connectivity index (χ0n) is 10.5. The summed E-state index contributed by atoms with van der Waals surface area (Å²) in [7, 11) is 1.80. The van der Waals surface area contributed by atoms with Crippen molar-refractivity contribution in [2.75, 3.05) is 33.4 Å². The van der Waals surface area contributed by atoms with Crippen LogP contribution in [-0.2, 0) is 4.74 Å². The number of methoxy groups -OCH3 is 1. The van der Waals surface area contributed by atoms with Crippen molar-refractivity contribution >= 4 is 0 Å². The first-order chi connectivity index (χ1) is 7.33. The summed E-state index contributed by atoms with van der Waals surface area (Å²) in [5.41, 5.74) is 0. The molecular formula is C12H26N2O. The van der Waals surface area contributed by atoms with Gasteiger partial charge in [0.2, 0.25) is 0 Å². The molecule has 15 heavy (non-hydrogen) atoms. The van der Waals surface area contributed by atoms with Crippen LogP contribution in [0.15, 0.2) is 0 Å². The van der Waals surface area contributed by atoms with Crippen molar-refractivity contribution in [3.63, 3.8) is 0 Å². The van der Waals surface area contributed by atoms with Gasteiger partial charge in [0, 0.05) is 25.7 Å². The third kappa shape index (κ3) is 3.74. The van der Waals surface area contributed by atoms with Crippen LogP contribution in [0, 0.1) is 0 Å². The lowest BCUT2D eigenvalue weighted by Gasteiger charge is -2.32. The summed E-state index contributed by atoms with van der Waals surface area (Å²) in [6.45, 7) is 8.65. The first-order valence-corrected chi connectivity index (χ1v) is 6.28. The van der Waals surface area contributed by atoms with Gasteiger partial charge in [-0.05, 0) is 32.4 Å². The van der Waals surface area contributed by atoms with E-state index < -0.39 is 0 Å². The standard InChI is InChI=1S/C12H26N2O/c1-4-11-7-6-8-14(11)12(10-15-3)9-13-5-2/h11-13H,4-10H2,1-3H3. The van der Waals surface area contributed by atoms with Crippen LogP contribution in [0.5, 0.6) is 0 Å². The summed E-state index contributed by atoms with van der Waals surface area (Å²) in [5.74, 6) is 0. The maximum absolute atomic E-state index is 5.32. The van der Waals surface area contributed by atoms with Gasteiger partial charge in [-0.3, -0.25) is 4.90 Å². The van der Waals surface area contributed by atoms with Crippen molar-refractivity contribution in [3.05, 3.63) is 0 Å². The lowest BCUT2D eigenvalue weighted by atomic mass is 10.1. The molecule has 2 unspecified atom stereocenters. The first kappa shape index (κ1) is 12.9. The van der Waals surface area contributed by atoms with E-state index in [1.54, 1.807) is 7.11 Å². The highest BCUT2D eigenvalue weighted by molar-refractivity contribution is 4.85. The van der Waals surface area contributed by atoms with E-state index in [1.165, 1.54) is 25.8 Å². The second-order valence-corrected chi connectivity index (χ2v) is 4.36. The molecule has 0 saturated carbocycles. The molecule has 2 atom stereocenters. The van der Waals surface area contributed by atoms with Crippen LogP contribution in [0.4, 0.5) is 0 Å². The van der Waals surface area contributed by atoms with Gasteiger partial charge in [0.05, 0.1) is 6.61 Å². The summed E-state index contributed by atoms with van der Waals surface area (Å²) >= 11 is 0. The van der Waals surface area contributed by atoms with Crippen LogP contribution in [-0.4, -0.2) is 50.3 Å². The number of likely N-dealkylation sites (N-methyl/N-ethyl adjacent to an activating group) is 1. The first-order valence-electron chi connectivity index (χ1n) is 6.28. The molecule has 1 saturated heterocycles. The fourth-order valence-electron chi connectivity index (χ4n) is 2.55. The number of nitrogens with one attached hydrogen (secondary N) is 1. The Morgan fingerprint density at radius 2 is 2.27 bits per heavy atom. The highest BCUT2D eigenvalue weighted by Gasteiger charge is 2.28. The summed E-state index contributed by atoms with van der Waals surface area (Å²) in [6, 6.07) is 1.34.